The van der Waals surface area contributed by atoms with Gasteiger partial charge in [0.25, 0.3) is 0 Å². The van der Waals surface area contributed by atoms with Crippen molar-refractivity contribution < 1.29 is 0 Å². The van der Waals surface area contributed by atoms with Gasteiger partial charge in [0.1, 0.15) is 0 Å². The van der Waals surface area contributed by atoms with E-state index >= 15 is 0 Å². The summed E-state index contributed by atoms with van der Waals surface area (Å²) in [4.78, 5) is 8.55. The van der Waals surface area contributed by atoms with E-state index in [1.54, 1.807) is 11.3 Å². The van der Waals surface area contributed by atoms with Crippen LogP contribution in [0.3, 0.4) is 0 Å². The van der Waals surface area contributed by atoms with Gasteiger partial charge in [0.15, 0.2) is 10.8 Å². The zero-order chi connectivity index (χ0) is 15.0. The third-order valence-corrected chi connectivity index (χ3v) is 5.42. The average molecular weight is 306 g/mol. The molecule has 2 unspecified atom stereocenters. The largest absolute Gasteiger partial charge is 0.352 e. The minimum Gasteiger partial charge on any atom is -0.352 e. The smallest absolute Gasteiger partial charge is 0.195 e. The van der Waals surface area contributed by atoms with Gasteiger partial charge in [0, 0.05) is 36.8 Å². The molecule has 4 nitrogen and oxygen atoms in total. The molecule has 3 rings (SSSR count). The van der Waals surface area contributed by atoms with Gasteiger partial charge in [-0.3, -0.25) is 4.40 Å². The second-order valence-corrected chi connectivity index (χ2v) is 7.40. The van der Waals surface area contributed by atoms with Gasteiger partial charge in [-0.25, -0.2) is 4.98 Å². The van der Waals surface area contributed by atoms with E-state index < -0.39 is 0 Å². The monoisotopic (exact) mass is 306 g/mol. The lowest BCUT2D eigenvalue weighted by Gasteiger charge is -2.38. The zero-order valence-corrected chi connectivity index (χ0v) is 14.3. The molecule has 116 valence electrons. The molecule has 5 heteroatoms. The Bertz CT molecular complexity index is 600. The summed E-state index contributed by atoms with van der Waals surface area (Å²) in [6, 6.07) is 1.06. The minimum atomic E-state index is 0.486. The van der Waals surface area contributed by atoms with Crippen LogP contribution < -0.4 is 10.2 Å². The van der Waals surface area contributed by atoms with Crippen LogP contribution in [0.2, 0.25) is 0 Å². The quantitative estimate of drug-likeness (QED) is 0.938. The van der Waals surface area contributed by atoms with E-state index in [2.05, 4.69) is 53.9 Å². The summed E-state index contributed by atoms with van der Waals surface area (Å²) in [7, 11) is 0. The number of fused-ring (bicyclic) bond motifs is 1. The fourth-order valence-electron chi connectivity index (χ4n) is 3.15. The topological polar surface area (TPSA) is 32.6 Å². The molecule has 1 saturated heterocycles. The maximum Gasteiger partial charge on any atom is 0.195 e. The predicted octanol–water partition coefficient (Wildman–Crippen LogP) is 3.52. The molecular formula is C16H26N4S. The summed E-state index contributed by atoms with van der Waals surface area (Å²) in [5.74, 6) is 1.93. The number of hydrogen-bond donors (Lipinski definition) is 1. The number of nitrogens with one attached hydrogen (secondary N) is 1. The van der Waals surface area contributed by atoms with E-state index in [0.717, 1.165) is 24.0 Å². The first kappa shape index (κ1) is 14.9. The molecule has 0 spiro atoms. The number of nitrogens with zero attached hydrogens (tertiary/aromatic N) is 3. The standard InChI is InChI=1S/C16H26N4S/c1-11(2)17-10-14-15(18-16-20(14)8-9-21-16)19-7-5-6-12(3)13(19)4/h8-9,11-13,17H,5-7,10H2,1-4H3. The van der Waals surface area contributed by atoms with Crippen molar-refractivity contribution in [2.24, 2.45) is 5.92 Å². The van der Waals surface area contributed by atoms with Crippen LogP contribution in [-0.4, -0.2) is 28.0 Å². The summed E-state index contributed by atoms with van der Waals surface area (Å²) in [6.07, 6.45) is 4.75. The highest BCUT2D eigenvalue weighted by Crippen LogP contribution is 2.32. The highest BCUT2D eigenvalue weighted by atomic mass is 32.1. The molecule has 0 bridgehead atoms. The minimum absolute atomic E-state index is 0.486. The van der Waals surface area contributed by atoms with E-state index in [0.29, 0.717) is 12.1 Å². The molecule has 0 radical (unpaired) electrons. The Kier molecular flexibility index (Phi) is 4.22. The van der Waals surface area contributed by atoms with E-state index in [9.17, 15) is 0 Å². The molecular weight excluding hydrogens is 280 g/mol. The van der Waals surface area contributed by atoms with Crippen molar-refractivity contribution in [3.8, 4) is 0 Å². The summed E-state index contributed by atoms with van der Waals surface area (Å²) in [5.41, 5.74) is 1.31. The maximum absolute atomic E-state index is 4.93. The van der Waals surface area contributed by atoms with Crippen LogP contribution in [0.25, 0.3) is 4.96 Å². The Hall–Kier alpha value is -1.07. The highest BCUT2D eigenvalue weighted by molar-refractivity contribution is 7.15. The summed E-state index contributed by atoms with van der Waals surface area (Å²) in [5, 5.41) is 5.67. The zero-order valence-electron chi connectivity index (χ0n) is 13.5. The number of imidazole rings is 1. The molecule has 0 amide bonds. The van der Waals surface area contributed by atoms with Crippen molar-refractivity contribution in [2.45, 2.75) is 59.2 Å². The SMILES string of the molecule is CC(C)NCc1c(N2CCCC(C)C2C)nc2sccn12. The van der Waals surface area contributed by atoms with E-state index in [1.807, 2.05) is 0 Å². The van der Waals surface area contributed by atoms with Crippen molar-refractivity contribution >= 4 is 22.1 Å². The molecule has 2 aromatic heterocycles. The number of anilines is 1. The van der Waals surface area contributed by atoms with Crippen LogP contribution >= 0.6 is 11.3 Å². The summed E-state index contributed by atoms with van der Waals surface area (Å²) >= 11 is 1.72. The lowest BCUT2D eigenvalue weighted by Crippen LogP contribution is -2.43. The van der Waals surface area contributed by atoms with Crippen LogP contribution in [0.1, 0.15) is 46.2 Å². The van der Waals surface area contributed by atoms with E-state index in [-0.39, 0.29) is 0 Å². The van der Waals surface area contributed by atoms with Gasteiger partial charge in [-0.15, -0.1) is 11.3 Å². The van der Waals surface area contributed by atoms with Crippen LogP contribution in [0.4, 0.5) is 5.82 Å². The molecule has 1 N–H and O–H groups in total. The molecule has 0 saturated carbocycles. The highest BCUT2D eigenvalue weighted by Gasteiger charge is 2.29. The average Bonchev–Trinajstić information content (AvgIpc) is 3.00. The van der Waals surface area contributed by atoms with E-state index in [1.165, 1.54) is 24.4 Å². The molecule has 2 aromatic rings. The third-order valence-electron chi connectivity index (χ3n) is 4.66. The van der Waals surface area contributed by atoms with Crippen LogP contribution in [0, 0.1) is 5.92 Å². The van der Waals surface area contributed by atoms with Crippen LogP contribution in [0.15, 0.2) is 11.6 Å². The predicted molar refractivity (Wildman–Crippen MR) is 90.3 cm³/mol. The molecule has 0 aromatic carbocycles. The molecule has 2 atom stereocenters. The Labute approximate surface area is 131 Å². The Morgan fingerprint density at radius 1 is 1.43 bits per heavy atom. The molecule has 1 fully saturated rings. The van der Waals surface area contributed by atoms with Crippen molar-refractivity contribution in [3.05, 3.63) is 17.3 Å². The molecule has 21 heavy (non-hydrogen) atoms. The molecule has 1 aliphatic heterocycles. The first-order valence-corrected chi connectivity index (χ1v) is 8.90. The van der Waals surface area contributed by atoms with Crippen molar-refractivity contribution in [3.63, 3.8) is 0 Å². The van der Waals surface area contributed by atoms with Gasteiger partial charge in [-0.2, -0.15) is 0 Å². The Morgan fingerprint density at radius 2 is 2.24 bits per heavy atom. The van der Waals surface area contributed by atoms with Gasteiger partial charge in [-0.1, -0.05) is 20.8 Å². The second-order valence-electron chi connectivity index (χ2n) is 6.53. The summed E-state index contributed by atoms with van der Waals surface area (Å²) in [6.45, 7) is 11.1. The molecule has 0 aliphatic carbocycles. The number of aromatic nitrogens is 2. The van der Waals surface area contributed by atoms with Gasteiger partial charge in [-0.05, 0) is 25.7 Å². The fourth-order valence-corrected chi connectivity index (χ4v) is 3.88. The molecule has 3 heterocycles. The van der Waals surface area contributed by atoms with Crippen LogP contribution in [-0.2, 0) is 6.54 Å². The summed E-state index contributed by atoms with van der Waals surface area (Å²) < 4.78 is 2.25. The van der Waals surface area contributed by atoms with E-state index in [4.69, 9.17) is 4.98 Å². The van der Waals surface area contributed by atoms with Gasteiger partial charge < -0.3 is 10.2 Å². The number of piperidine rings is 1. The molecule has 1 aliphatic rings. The maximum atomic E-state index is 4.93. The lowest BCUT2D eigenvalue weighted by atomic mass is 9.92. The van der Waals surface area contributed by atoms with Gasteiger partial charge in [0.05, 0.1) is 5.69 Å². The van der Waals surface area contributed by atoms with Crippen molar-refractivity contribution in [2.75, 3.05) is 11.4 Å². The third kappa shape index (κ3) is 2.81. The van der Waals surface area contributed by atoms with Crippen molar-refractivity contribution in [1.29, 1.82) is 0 Å². The number of hydrogen-bond acceptors (Lipinski definition) is 4. The first-order valence-electron chi connectivity index (χ1n) is 8.02. The second kappa shape index (κ2) is 5.97. The Morgan fingerprint density at radius 3 is 3.00 bits per heavy atom. The lowest BCUT2D eigenvalue weighted by molar-refractivity contribution is 0.361. The fraction of sp³-hybridized carbons (Fsp3) is 0.688. The Balaban J connectivity index is 1.96. The normalized spacial score (nSPS) is 23.4. The number of rotatable bonds is 4. The van der Waals surface area contributed by atoms with Crippen LogP contribution in [0.5, 0.6) is 0 Å². The first-order chi connectivity index (χ1) is 10.1. The van der Waals surface area contributed by atoms with Gasteiger partial charge >= 0.3 is 0 Å². The van der Waals surface area contributed by atoms with Crippen molar-refractivity contribution in [1.82, 2.24) is 14.7 Å². The number of thiazole rings is 1. The van der Waals surface area contributed by atoms with Gasteiger partial charge in [0.2, 0.25) is 0 Å².